The van der Waals surface area contributed by atoms with E-state index in [0.717, 1.165) is 29.0 Å². The SMILES string of the molecule is CC(c1nc2ccc(F)cc2cc1-c1cncc(F)c1)N1NC(c2cscn2)=C2C1=CN=CN2N. The lowest BCUT2D eigenvalue weighted by atomic mass is 9.98. The van der Waals surface area contributed by atoms with Gasteiger partial charge in [-0.25, -0.2) is 29.6 Å². The van der Waals surface area contributed by atoms with Gasteiger partial charge in [0.1, 0.15) is 40.8 Å². The molecular formula is C24H18F2N8S. The lowest BCUT2D eigenvalue weighted by molar-refractivity contribution is 0.237. The fraction of sp³-hybridized carbons (Fsp3) is 0.0833. The van der Waals surface area contributed by atoms with Crippen LogP contribution >= 0.6 is 11.3 Å². The average molecular weight is 489 g/mol. The van der Waals surface area contributed by atoms with Gasteiger partial charge in [-0.05, 0) is 37.3 Å². The van der Waals surface area contributed by atoms with Crippen LogP contribution in [0.2, 0.25) is 0 Å². The van der Waals surface area contributed by atoms with Crippen LogP contribution in [0.25, 0.3) is 27.7 Å². The molecule has 4 aromatic rings. The van der Waals surface area contributed by atoms with E-state index in [1.54, 1.807) is 24.0 Å². The number of aromatic nitrogens is 3. The van der Waals surface area contributed by atoms with Crippen LogP contribution in [0, 0.1) is 11.6 Å². The summed E-state index contributed by atoms with van der Waals surface area (Å²) in [5.41, 5.74) is 10.5. The first-order valence-electron chi connectivity index (χ1n) is 10.7. The highest BCUT2D eigenvalue weighted by molar-refractivity contribution is 7.07. The molecule has 1 unspecified atom stereocenters. The number of nitrogens with two attached hydrogens (primary N) is 1. The third-order valence-electron chi connectivity index (χ3n) is 5.91. The number of fused-ring (bicyclic) bond motifs is 2. The summed E-state index contributed by atoms with van der Waals surface area (Å²) >= 11 is 1.47. The van der Waals surface area contributed by atoms with Crippen molar-refractivity contribution >= 4 is 34.3 Å². The van der Waals surface area contributed by atoms with E-state index in [4.69, 9.17) is 10.8 Å². The number of hydrazine groups is 2. The highest BCUT2D eigenvalue weighted by Gasteiger charge is 2.36. The molecule has 8 nitrogen and oxygen atoms in total. The highest BCUT2D eigenvalue weighted by atomic mass is 32.1. The predicted molar refractivity (Wildman–Crippen MR) is 130 cm³/mol. The normalized spacial score (nSPS) is 15.9. The Labute approximate surface area is 202 Å². The van der Waals surface area contributed by atoms with Crippen LogP contribution in [0.15, 0.2) is 76.2 Å². The molecule has 0 radical (unpaired) electrons. The predicted octanol–water partition coefficient (Wildman–Crippen LogP) is 4.34. The summed E-state index contributed by atoms with van der Waals surface area (Å²) in [7, 11) is 0. The minimum atomic E-state index is -0.474. The zero-order valence-corrected chi connectivity index (χ0v) is 19.2. The molecule has 1 atom stereocenters. The molecule has 0 spiro atoms. The van der Waals surface area contributed by atoms with Crippen molar-refractivity contribution in [2.24, 2.45) is 10.8 Å². The number of benzene rings is 1. The van der Waals surface area contributed by atoms with E-state index in [0.29, 0.717) is 27.7 Å². The van der Waals surface area contributed by atoms with E-state index >= 15 is 0 Å². The summed E-state index contributed by atoms with van der Waals surface area (Å²) in [6.07, 6.45) is 5.93. The average Bonchev–Trinajstić information content (AvgIpc) is 3.51. The summed E-state index contributed by atoms with van der Waals surface area (Å²) in [5, 5.41) is 5.87. The van der Waals surface area contributed by atoms with E-state index in [2.05, 4.69) is 20.4 Å². The van der Waals surface area contributed by atoms with Crippen molar-refractivity contribution in [1.29, 1.82) is 0 Å². The minimum Gasteiger partial charge on any atom is -0.293 e. The Bertz CT molecular complexity index is 1550. The van der Waals surface area contributed by atoms with Gasteiger partial charge in [0.2, 0.25) is 0 Å². The molecule has 2 aliphatic rings. The lowest BCUT2D eigenvalue weighted by Gasteiger charge is -2.31. The van der Waals surface area contributed by atoms with Gasteiger partial charge in [-0.15, -0.1) is 11.3 Å². The third kappa shape index (κ3) is 3.61. The zero-order chi connectivity index (χ0) is 24.1. The summed E-state index contributed by atoms with van der Waals surface area (Å²) in [6.45, 7) is 1.96. The fourth-order valence-electron chi connectivity index (χ4n) is 4.31. The Hall–Kier alpha value is -4.22. The maximum Gasteiger partial charge on any atom is 0.142 e. The van der Waals surface area contributed by atoms with Crippen molar-refractivity contribution in [3.63, 3.8) is 0 Å². The number of halogens is 2. The van der Waals surface area contributed by atoms with Crippen molar-refractivity contribution in [1.82, 2.24) is 30.4 Å². The van der Waals surface area contributed by atoms with Gasteiger partial charge in [-0.1, -0.05) is 0 Å². The van der Waals surface area contributed by atoms with E-state index in [1.165, 1.54) is 40.9 Å². The van der Waals surface area contributed by atoms with Gasteiger partial charge in [0.25, 0.3) is 0 Å². The highest BCUT2D eigenvalue weighted by Crippen LogP contribution is 2.40. The third-order valence-corrected chi connectivity index (χ3v) is 6.50. The molecule has 0 amide bonds. The van der Waals surface area contributed by atoms with Crippen molar-refractivity contribution in [3.8, 4) is 11.1 Å². The number of rotatable bonds is 4. The maximum atomic E-state index is 14.1. The van der Waals surface area contributed by atoms with Crippen LogP contribution in [0.4, 0.5) is 8.78 Å². The van der Waals surface area contributed by atoms with Crippen molar-refractivity contribution in [2.75, 3.05) is 0 Å². The molecule has 0 bridgehead atoms. The number of thiazole rings is 1. The summed E-state index contributed by atoms with van der Waals surface area (Å²) in [6, 6.07) is 7.22. The molecular weight excluding hydrogens is 470 g/mol. The second-order valence-corrected chi connectivity index (χ2v) is 8.81. The van der Waals surface area contributed by atoms with Gasteiger partial charge in [0.15, 0.2) is 0 Å². The number of nitrogens with one attached hydrogen (secondary N) is 1. The van der Waals surface area contributed by atoms with Crippen LogP contribution in [0.5, 0.6) is 0 Å². The minimum absolute atomic E-state index is 0.373. The van der Waals surface area contributed by atoms with E-state index in [9.17, 15) is 8.78 Å². The Kier molecular flexibility index (Phi) is 5.01. The molecule has 0 fully saturated rings. The number of nitrogens with zero attached hydrogens (tertiary/aromatic N) is 6. The molecule has 0 saturated carbocycles. The van der Waals surface area contributed by atoms with Crippen molar-refractivity contribution < 1.29 is 8.78 Å². The van der Waals surface area contributed by atoms with Crippen LogP contribution < -0.4 is 11.3 Å². The Morgan fingerprint density at radius 1 is 1.11 bits per heavy atom. The Morgan fingerprint density at radius 3 is 2.80 bits per heavy atom. The van der Waals surface area contributed by atoms with Crippen LogP contribution in [-0.4, -0.2) is 31.3 Å². The second-order valence-electron chi connectivity index (χ2n) is 8.09. The van der Waals surface area contributed by atoms with E-state index in [1.807, 2.05) is 23.4 Å². The summed E-state index contributed by atoms with van der Waals surface area (Å²) in [4.78, 5) is 17.6. The second kappa shape index (κ2) is 8.22. The molecule has 174 valence electrons. The van der Waals surface area contributed by atoms with Crippen molar-refractivity contribution in [3.05, 3.63) is 94.2 Å². The van der Waals surface area contributed by atoms with E-state index < -0.39 is 5.82 Å². The molecule has 5 heterocycles. The number of hydrogen-bond acceptors (Lipinski definition) is 9. The van der Waals surface area contributed by atoms with Crippen molar-refractivity contribution in [2.45, 2.75) is 13.0 Å². The first-order valence-corrected chi connectivity index (χ1v) is 11.6. The number of aliphatic imine (C=N–C) groups is 1. The summed E-state index contributed by atoms with van der Waals surface area (Å²) in [5.74, 6) is 5.39. The molecule has 0 saturated heterocycles. The molecule has 3 N–H and O–H groups in total. The molecule has 0 aliphatic carbocycles. The number of pyridine rings is 2. The van der Waals surface area contributed by atoms with Gasteiger partial charge >= 0.3 is 0 Å². The number of hydrogen-bond donors (Lipinski definition) is 2. The standard InChI is InChI=1S/C24H18F2N8S/c1-13(34-21-9-29-11-33(27)24(21)23(32-34)20-10-35-12-30-20)22-18(15-5-17(26)8-28-7-15)6-14-4-16(25)2-3-19(14)31-22/h2-13,32H,27H2,1H3. The largest absolute Gasteiger partial charge is 0.293 e. The first kappa shape index (κ1) is 21.3. The van der Waals surface area contributed by atoms with Gasteiger partial charge in [-0.2, -0.15) is 0 Å². The van der Waals surface area contributed by atoms with E-state index in [-0.39, 0.29) is 11.9 Å². The van der Waals surface area contributed by atoms with Crippen LogP contribution in [-0.2, 0) is 0 Å². The quantitative estimate of drug-likeness (QED) is 0.413. The smallest absolute Gasteiger partial charge is 0.142 e. The summed E-state index contributed by atoms with van der Waals surface area (Å²) < 4.78 is 28.1. The molecule has 1 aromatic carbocycles. The van der Waals surface area contributed by atoms with Gasteiger partial charge < -0.3 is 0 Å². The topological polar surface area (TPSA) is 95.6 Å². The fourth-order valence-corrected chi connectivity index (χ4v) is 4.85. The monoisotopic (exact) mass is 488 g/mol. The Balaban J connectivity index is 1.50. The molecule has 35 heavy (non-hydrogen) atoms. The Morgan fingerprint density at radius 2 is 2.00 bits per heavy atom. The van der Waals surface area contributed by atoms with Crippen LogP contribution in [0.3, 0.4) is 0 Å². The maximum absolute atomic E-state index is 14.1. The molecule has 2 aliphatic heterocycles. The first-order chi connectivity index (χ1) is 17.0. The lowest BCUT2D eigenvalue weighted by Crippen LogP contribution is -2.36. The molecule has 3 aromatic heterocycles. The van der Waals surface area contributed by atoms with Gasteiger partial charge in [0.05, 0.1) is 35.2 Å². The van der Waals surface area contributed by atoms with Gasteiger partial charge in [-0.3, -0.25) is 20.4 Å². The molecule has 6 rings (SSSR count). The zero-order valence-electron chi connectivity index (χ0n) is 18.4. The van der Waals surface area contributed by atoms with Gasteiger partial charge in [0, 0.05) is 28.1 Å². The molecule has 11 heteroatoms. The van der Waals surface area contributed by atoms with Crippen LogP contribution in [0.1, 0.15) is 24.4 Å².